The molecular formula is C10H7F2N5O3. The largest absolute Gasteiger partial charge is 0.345 e. The molecule has 1 aromatic carbocycles. The molecule has 2 N–H and O–H groups in total. The van der Waals surface area contributed by atoms with E-state index in [-0.39, 0.29) is 6.54 Å². The van der Waals surface area contributed by atoms with E-state index in [1.165, 1.54) is 6.33 Å². The van der Waals surface area contributed by atoms with Crippen molar-refractivity contribution in [3.8, 4) is 0 Å². The predicted octanol–water partition coefficient (Wildman–Crippen LogP) is 0.921. The molecule has 104 valence electrons. The summed E-state index contributed by atoms with van der Waals surface area (Å²) in [6.07, 6.45) is 1.22. The zero-order valence-electron chi connectivity index (χ0n) is 9.76. The molecular weight excluding hydrogens is 276 g/mol. The highest BCUT2D eigenvalue weighted by molar-refractivity contribution is 5.94. The van der Waals surface area contributed by atoms with Crippen molar-refractivity contribution in [3.05, 3.63) is 51.6 Å². The quantitative estimate of drug-likeness (QED) is 0.639. The monoisotopic (exact) mass is 283 g/mol. The minimum atomic E-state index is -1.29. The first-order valence-electron chi connectivity index (χ1n) is 5.25. The second-order valence-corrected chi connectivity index (χ2v) is 3.66. The number of halogens is 2. The van der Waals surface area contributed by atoms with Crippen LogP contribution in [0, 0.1) is 21.7 Å². The van der Waals surface area contributed by atoms with Gasteiger partial charge in [0.2, 0.25) is 5.82 Å². The van der Waals surface area contributed by atoms with Crippen LogP contribution in [0.2, 0.25) is 0 Å². The highest BCUT2D eigenvalue weighted by Crippen LogP contribution is 2.21. The number of nitrogens with zero attached hydrogens (tertiary/aromatic N) is 3. The van der Waals surface area contributed by atoms with Crippen LogP contribution in [0.5, 0.6) is 0 Å². The molecule has 0 aliphatic heterocycles. The highest BCUT2D eigenvalue weighted by Gasteiger charge is 2.21. The molecule has 20 heavy (non-hydrogen) atoms. The van der Waals surface area contributed by atoms with Crippen LogP contribution in [0.25, 0.3) is 0 Å². The summed E-state index contributed by atoms with van der Waals surface area (Å²) in [4.78, 5) is 24.7. The third kappa shape index (κ3) is 2.74. The Bertz CT molecular complexity index is 659. The van der Waals surface area contributed by atoms with Gasteiger partial charge in [-0.2, -0.15) is 9.49 Å². The van der Waals surface area contributed by atoms with E-state index in [2.05, 4.69) is 20.5 Å². The zero-order valence-corrected chi connectivity index (χ0v) is 9.76. The number of nitro benzene ring substituents is 1. The van der Waals surface area contributed by atoms with E-state index < -0.39 is 33.7 Å². The Kier molecular flexibility index (Phi) is 3.64. The number of rotatable bonds is 4. The molecule has 0 aliphatic rings. The van der Waals surface area contributed by atoms with Crippen LogP contribution in [0.15, 0.2) is 18.5 Å². The second kappa shape index (κ2) is 5.38. The van der Waals surface area contributed by atoms with E-state index >= 15 is 0 Å². The first-order valence-corrected chi connectivity index (χ1v) is 5.25. The molecule has 0 saturated carbocycles. The first kappa shape index (κ1) is 13.5. The predicted molar refractivity (Wildman–Crippen MR) is 60.6 cm³/mol. The fourth-order valence-electron chi connectivity index (χ4n) is 1.43. The van der Waals surface area contributed by atoms with Gasteiger partial charge in [0.1, 0.15) is 18.0 Å². The topological polar surface area (TPSA) is 114 Å². The van der Waals surface area contributed by atoms with Crippen LogP contribution in [0.3, 0.4) is 0 Å². The van der Waals surface area contributed by atoms with E-state index in [4.69, 9.17) is 0 Å². The van der Waals surface area contributed by atoms with Gasteiger partial charge >= 0.3 is 5.69 Å². The smallest absolute Gasteiger partial charge is 0.307 e. The Hall–Kier alpha value is -2.91. The van der Waals surface area contributed by atoms with Gasteiger partial charge in [-0.1, -0.05) is 0 Å². The summed E-state index contributed by atoms with van der Waals surface area (Å²) in [5.74, 6) is -3.08. The van der Waals surface area contributed by atoms with Crippen molar-refractivity contribution in [2.75, 3.05) is 0 Å². The van der Waals surface area contributed by atoms with Crippen molar-refractivity contribution in [1.29, 1.82) is 0 Å². The van der Waals surface area contributed by atoms with Crippen molar-refractivity contribution in [2.45, 2.75) is 6.54 Å². The van der Waals surface area contributed by atoms with Crippen LogP contribution in [0.4, 0.5) is 14.5 Å². The average molecular weight is 283 g/mol. The summed E-state index contributed by atoms with van der Waals surface area (Å²) < 4.78 is 26.9. The van der Waals surface area contributed by atoms with Crippen LogP contribution < -0.4 is 5.32 Å². The summed E-state index contributed by atoms with van der Waals surface area (Å²) in [6.45, 7) is -0.0725. The van der Waals surface area contributed by atoms with E-state index in [1.807, 2.05) is 0 Å². The molecule has 2 aromatic rings. The molecule has 0 atom stereocenters. The van der Waals surface area contributed by atoms with E-state index in [9.17, 15) is 23.7 Å². The van der Waals surface area contributed by atoms with Gasteiger partial charge in [0.05, 0.1) is 23.1 Å². The number of H-pyrrole nitrogens is 1. The molecule has 2 rings (SSSR count). The summed E-state index contributed by atoms with van der Waals surface area (Å²) in [5.41, 5.74) is -1.66. The lowest BCUT2D eigenvalue weighted by molar-refractivity contribution is -0.387. The van der Waals surface area contributed by atoms with Crippen LogP contribution in [0.1, 0.15) is 16.2 Å². The van der Waals surface area contributed by atoms with Gasteiger partial charge in [-0.3, -0.25) is 20.0 Å². The molecule has 0 bridgehead atoms. The number of benzene rings is 1. The lowest BCUT2D eigenvalue weighted by Gasteiger charge is -2.05. The molecule has 0 unspecified atom stereocenters. The van der Waals surface area contributed by atoms with E-state index in [0.29, 0.717) is 18.0 Å². The second-order valence-electron chi connectivity index (χ2n) is 3.66. The maximum absolute atomic E-state index is 13.5. The summed E-state index contributed by atoms with van der Waals surface area (Å²) in [6, 6.07) is 0.835. The van der Waals surface area contributed by atoms with E-state index in [1.54, 1.807) is 0 Å². The third-order valence-electron chi connectivity index (χ3n) is 2.36. The Morgan fingerprint density at radius 2 is 2.15 bits per heavy atom. The summed E-state index contributed by atoms with van der Waals surface area (Å²) in [7, 11) is 0. The molecule has 1 heterocycles. The van der Waals surface area contributed by atoms with E-state index in [0.717, 1.165) is 0 Å². The number of carbonyl (C=O) groups is 1. The van der Waals surface area contributed by atoms with Crippen molar-refractivity contribution >= 4 is 11.6 Å². The van der Waals surface area contributed by atoms with Crippen molar-refractivity contribution in [1.82, 2.24) is 20.5 Å². The number of hydrogen-bond donors (Lipinski definition) is 2. The maximum atomic E-state index is 13.5. The Labute approximate surface area is 110 Å². The van der Waals surface area contributed by atoms with Gasteiger partial charge in [-0.05, 0) is 6.07 Å². The standard InChI is InChI=1S/C10H7F2N5O3/c11-6-2-8(17(19)20)7(12)1-5(6)10(18)13-3-9-14-4-15-16-9/h1-2,4H,3H2,(H,13,18)(H,14,15,16). The fourth-order valence-corrected chi connectivity index (χ4v) is 1.43. The molecule has 10 heteroatoms. The molecule has 0 aliphatic carbocycles. The third-order valence-corrected chi connectivity index (χ3v) is 2.36. The molecule has 1 aromatic heterocycles. The molecule has 0 saturated heterocycles. The lowest BCUT2D eigenvalue weighted by atomic mass is 10.1. The maximum Gasteiger partial charge on any atom is 0.307 e. The number of amides is 1. The van der Waals surface area contributed by atoms with Crippen LogP contribution in [-0.4, -0.2) is 26.0 Å². The van der Waals surface area contributed by atoms with Crippen molar-refractivity contribution in [2.24, 2.45) is 0 Å². The Morgan fingerprint density at radius 1 is 1.40 bits per heavy atom. The lowest BCUT2D eigenvalue weighted by Crippen LogP contribution is -2.24. The van der Waals surface area contributed by atoms with Gasteiger partial charge in [0.25, 0.3) is 5.91 Å². The average Bonchev–Trinajstić information content (AvgIpc) is 2.91. The SMILES string of the molecule is O=C(NCc1ncn[nH]1)c1cc(F)c([N+](=O)[O-])cc1F. The fraction of sp³-hybridized carbons (Fsp3) is 0.100. The Balaban J connectivity index is 2.17. The van der Waals surface area contributed by atoms with Gasteiger partial charge in [0.15, 0.2) is 0 Å². The number of aromatic nitrogens is 3. The molecule has 0 radical (unpaired) electrons. The molecule has 0 spiro atoms. The van der Waals surface area contributed by atoms with Crippen LogP contribution >= 0.6 is 0 Å². The number of nitrogens with one attached hydrogen (secondary N) is 2. The molecule has 1 amide bonds. The zero-order chi connectivity index (χ0) is 14.7. The molecule has 8 nitrogen and oxygen atoms in total. The van der Waals surface area contributed by atoms with Gasteiger partial charge in [-0.15, -0.1) is 0 Å². The minimum absolute atomic E-state index is 0.0725. The minimum Gasteiger partial charge on any atom is -0.345 e. The van der Waals surface area contributed by atoms with Crippen molar-refractivity contribution in [3.63, 3.8) is 0 Å². The van der Waals surface area contributed by atoms with Gasteiger partial charge in [0, 0.05) is 0 Å². The highest BCUT2D eigenvalue weighted by atomic mass is 19.1. The number of nitro groups is 1. The number of carbonyl (C=O) groups excluding carboxylic acids is 1. The number of aromatic amines is 1. The normalized spacial score (nSPS) is 10.3. The summed E-state index contributed by atoms with van der Waals surface area (Å²) >= 11 is 0. The van der Waals surface area contributed by atoms with Gasteiger partial charge in [-0.25, -0.2) is 9.37 Å². The van der Waals surface area contributed by atoms with Crippen LogP contribution in [-0.2, 0) is 6.54 Å². The first-order chi connectivity index (χ1) is 9.49. The van der Waals surface area contributed by atoms with Crippen molar-refractivity contribution < 1.29 is 18.5 Å². The molecule has 0 fully saturated rings. The van der Waals surface area contributed by atoms with Gasteiger partial charge < -0.3 is 5.32 Å². The summed E-state index contributed by atoms with van der Waals surface area (Å²) in [5, 5.41) is 18.7. The Morgan fingerprint density at radius 3 is 2.75 bits per heavy atom. The number of hydrogen-bond acceptors (Lipinski definition) is 5.